The van der Waals surface area contributed by atoms with E-state index >= 15 is 0 Å². The molecule has 0 bridgehead atoms. The number of nitro groups is 1. The van der Waals surface area contributed by atoms with Crippen molar-refractivity contribution >= 4 is 38.1 Å². The van der Waals surface area contributed by atoms with Crippen LogP contribution in [-0.4, -0.2) is 62.4 Å². The maximum atomic E-state index is 14.2. The second kappa shape index (κ2) is 11.5. The molecule has 10 nitrogen and oxygen atoms in total. The van der Waals surface area contributed by atoms with Crippen LogP contribution in [0.5, 0.6) is 0 Å². The van der Waals surface area contributed by atoms with Crippen LogP contribution < -0.4 is 10.2 Å². The summed E-state index contributed by atoms with van der Waals surface area (Å²) >= 11 is 0. The number of hydrogen-bond acceptors (Lipinski definition) is 8. The van der Waals surface area contributed by atoms with E-state index in [0.29, 0.717) is 6.42 Å². The monoisotopic (exact) mass is 606 g/mol. The number of carbonyl (C=O) groups is 1. The first-order chi connectivity index (χ1) is 20.6. The molecular formula is C32H38N4O6S. The fourth-order valence-corrected chi connectivity index (χ4v) is 8.91. The van der Waals surface area contributed by atoms with Gasteiger partial charge < -0.3 is 9.64 Å². The molecule has 0 amide bonds. The molecule has 3 aromatic carbocycles. The zero-order chi connectivity index (χ0) is 30.4. The molecule has 1 saturated carbocycles. The fourth-order valence-electron chi connectivity index (χ4n) is 7.23. The Morgan fingerprint density at radius 1 is 1.00 bits per heavy atom. The Morgan fingerprint density at radius 2 is 1.67 bits per heavy atom. The zero-order valence-electron chi connectivity index (χ0n) is 24.6. The molecule has 2 aliphatic heterocycles. The summed E-state index contributed by atoms with van der Waals surface area (Å²) in [4.78, 5) is 26.9. The van der Waals surface area contributed by atoms with Gasteiger partial charge in [-0.3, -0.25) is 15.4 Å². The highest BCUT2D eigenvalue weighted by atomic mass is 32.2. The Hall–Kier alpha value is -3.54. The zero-order valence-corrected chi connectivity index (χ0v) is 25.4. The highest BCUT2D eigenvalue weighted by Gasteiger charge is 2.61. The highest BCUT2D eigenvalue weighted by Crippen LogP contribution is 2.47. The number of anilines is 1. The average molecular weight is 607 g/mol. The van der Waals surface area contributed by atoms with Crippen molar-refractivity contribution < 1.29 is 22.9 Å². The minimum Gasteiger partial charge on any atom is -0.461 e. The Kier molecular flexibility index (Phi) is 7.91. The third-order valence-corrected chi connectivity index (χ3v) is 11.3. The normalized spacial score (nSPS) is 24.9. The number of rotatable bonds is 7. The summed E-state index contributed by atoms with van der Waals surface area (Å²) in [5, 5.41) is 17.5. The Bertz CT molecular complexity index is 1650. The second-order valence-electron chi connectivity index (χ2n) is 12.3. The number of fused-ring (bicyclic) bond motifs is 2. The number of esters is 1. The van der Waals surface area contributed by atoms with E-state index in [9.17, 15) is 23.3 Å². The molecule has 11 heteroatoms. The molecule has 1 N–H and O–H groups in total. The smallest absolute Gasteiger partial charge is 0.328 e. The number of hydrogen-bond donors (Lipinski definition) is 1. The molecule has 6 rings (SSSR count). The van der Waals surface area contributed by atoms with Crippen LogP contribution in [0.3, 0.4) is 0 Å². The van der Waals surface area contributed by atoms with Crippen LogP contribution in [-0.2, 0) is 19.6 Å². The lowest BCUT2D eigenvalue weighted by atomic mass is 9.87. The maximum absolute atomic E-state index is 14.2. The highest BCUT2D eigenvalue weighted by molar-refractivity contribution is 7.89. The van der Waals surface area contributed by atoms with Crippen LogP contribution in [0, 0.1) is 16.0 Å². The summed E-state index contributed by atoms with van der Waals surface area (Å²) in [6.07, 6.45) is 6.12. The van der Waals surface area contributed by atoms with Gasteiger partial charge in [-0.15, -0.1) is 0 Å². The summed E-state index contributed by atoms with van der Waals surface area (Å²) in [5.41, 5.74) is 0.384. The minimum atomic E-state index is -4.26. The number of para-hydroxylation sites is 1. The SMILES string of the molecule is CN(C)c1ccc([C@H]2C[C@@H]3CN(S(=O)(=O)c4ccccc4[N+](=O)[O-])C[C@]3(C(=O)OC3CCCCCC3)N2)c2ccccc12. The van der Waals surface area contributed by atoms with Crippen LogP contribution >= 0.6 is 0 Å². The lowest BCUT2D eigenvalue weighted by Crippen LogP contribution is -2.55. The Morgan fingerprint density at radius 3 is 2.37 bits per heavy atom. The van der Waals surface area contributed by atoms with Crippen LogP contribution in [0.1, 0.15) is 56.6 Å². The van der Waals surface area contributed by atoms with E-state index in [-0.39, 0.29) is 36.0 Å². The number of benzene rings is 3. The molecule has 0 aromatic heterocycles. The van der Waals surface area contributed by atoms with E-state index in [1.54, 1.807) is 0 Å². The number of carbonyl (C=O) groups excluding carboxylic acids is 1. The number of ether oxygens (including phenoxy) is 1. The van der Waals surface area contributed by atoms with Gasteiger partial charge in [-0.25, -0.2) is 13.2 Å². The summed E-state index contributed by atoms with van der Waals surface area (Å²) in [6.45, 7) is -0.0901. The van der Waals surface area contributed by atoms with Crippen molar-refractivity contribution in [2.45, 2.75) is 67.5 Å². The first-order valence-electron chi connectivity index (χ1n) is 15.0. The average Bonchev–Trinajstić information content (AvgIpc) is 3.43. The van der Waals surface area contributed by atoms with Crippen LogP contribution in [0.4, 0.5) is 11.4 Å². The molecule has 43 heavy (non-hydrogen) atoms. The molecule has 3 aliphatic rings. The fraction of sp³-hybridized carbons (Fsp3) is 0.469. The van der Waals surface area contributed by atoms with E-state index in [4.69, 9.17) is 4.74 Å². The summed E-state index contributed by atoms with van der Waals surface area (Å²) in [7, 11) is -0.252. The van der Waals surface area contributed by atoms with E-state index in [2.05, 4.69) is 34.5 Å². The quantitative estimate of drug-likeness (QED) is 0.169. The van der Waals surface area contributed by atoms with Gasteiger partial charge in [-0.05, 0) is 55.2 Å². The Balaban J connectivity index is 1.37. The van der Waals surface area contributed by atoms with Gasteiger partial charge in [0, 0.05) is 56.3 Å². The van der Waals surface area contributed by atoms with Crippen molar-refractivity contribution in [3.63, 3.8) is 0 Å². The molecule has 0 unspecified atom stereocenters. The van der Waals surface area contributed by atoms with Gasteiger partial charge in [0.2, 0.25) is 10.0 Å². The predicted molar refractivity (Wildman–Crippen MR) is 164 cm³/mol. The van der Waals surface area contributed by atoms with Gasteiger partial charge in [0.1, 0.15) is 11.6 Å². The van der Waals surface area contributed by atoms with Crippen molar-refractivity contribution in [3.05, 3.63) is 76.3 Å². The third-order valence-electron chi connectivity index (χ3n) is 9.41. The minimum absolute atomic E-state index is 0.0609. The summed E-state index contributed by atoms with van der Waals surface area (Å²) in [6, 6.07) is 17.5. The van der Waals surface area contributed by atoms with Crippen molar-refractivity contribution in [1.29, 1.82) is 0 Å². The van der Waals surface area contributed by atoms with E-state index in [0.717, 1.165) is 60.5 Å². The molecule has 0 radical (unpaired) electrons. The van der Waals surface area contributed by atoms with Gasteiger partial charge in [0.15, 0.2) is 4.90 Å². The van der Waals surface area contributed by atoms with E-state index in [1.165, 1.54) is 28.6 Å². The number of nitrogens with zero attached hydrogens (tertiary/aromatic N) is 3. The molecule has 3 atom stereocenters. The maximum Gasteiger partial charge on any atom is 0.328 e. The van der Waals surface area contributed by atoms with Gasteiger partial charge in [0.25, 0.3) is 5.69 Å². The largest absolute Gasteiger partial charge is 0.461 e. The van der Waals surface area contributed by atoms with E-state index < -0.39 is 32.1 Å². The lowest BCUT2D eigenvalue weighted by molar-refractivity contribution is -0.387. The first-order valence-corrected chi connectivity index (χ1v) is 16.5. The molecule has 3 fully saturated rings. The second-order valence-corrected chi connectivity index (χ2v) is 14.2. The summed E-state index contributed by atoms with van der Waals surface area (Å²) < 4.78 is 35.1. The van der Waals surface area contributed by atoms with Crippen molar-refractivity contribution in [3.8, 4) is 0 Å². The predicted octanol–water partition coefficient (Wildman–Crippen LogP) is 5.17. The summed E-state index contributed by atoms with van der Waals surface area (Å²) in [5.74, 6) is -0.804. The molecular weight excluding hydrogens is 568 g/mol. The van der Waals surface area contributed by atoms with Gasteiger partial charge in [-0.2, -0.15) is 4.31 Å². The lowest BCUT2D eigenvalue weighted by Gasteiger charge is -2.31. The topological polar surface area (TPSA) is 122 Å². The number of sulfonamides is 1. The molecule has 2 saturated heterocycles. The van der Waals surface area contributed by atoms with Crippen LogP contribution in [0.2, 0.25) is 0 Å². The molecule has 3 aromatic rings. The first kappa shape index (κ1) is 29.5. The number of nitro benzene ring substituents is 1. The molecule has 1 aliphatic carbocycles. The Labute approximate surface area is 252 Å². The van der Waals surface area contributed by atoms with Crippen molar-refractivity contribution in [2.24, 2.45) is 5.92 Å². The third kappa shape index (κ3) is 5.27. The number of nitrogens with one attached hydrogen (secondary N) is 1. The molecule has 0 spiro atoms. The van der Waals surface area contributed by atoms with Gasteiger partial charge in [0.05, 0.1) is 4.92 Å². The standard InChI is InChI=1S/C32H38N4O6S/c1-34(2)28-18-17-25(24-13-7-8-14-26(24)28)27-19-22-20-35(43(40,41)30-16-10-9-15-29(30)36(38)39)21-32(22,33-27)31(37)42-23-11-5-3-4-6-12-23/h7-10,13-18,22-23,27,33H,3-6,11-12,19-21H2,1-2H3/t22-,27-,32+/m1/s1. The molecule has 2 heterocycles. The van der Waals surface area contributed by atoms with E-state index in [1.807, 2.05) is 26.2 Å². The van der Waals surface area contributed by atoms with Crippen LogP contribution in [0.15, 0.2) is 65.6 Å². The van der Waals surface area contributed by atoms with Crippen LogP contribution in [0.25, 0.3) is 10.8 Å². The van der Waals surface area contributed by atoms with Crippen molar-refractivity contribution in [2.75, 3.05) is 32.1 Å². The van der Waals surface area contributed by atoms with Gasteiger partial charge in [-0.1, -0.05) is 55.3 Å². The van der Waals surface area contributed by atoms with Gasteiger partial charge >= 0.3 is 5.97 Å². The van der Waals surface area contributed by atoms with Crippen molar-refractivity contribution in [1.82, 2.24) is 9.62 Å². The molecule has 228 valence electrons.